The highest BCUT2D eigenvalue weighted by molar-refractivity contribution is 4.84. The highest BCUT2D eigenvalue weighted by Gasteiger charge is 2.04. The van der Waals surface area contributed by atoms with Gasteiger partial charge in [-0.1, -0.05) is 6.92 Å². The van der Waals surface area contributed by atoms with Crippen molar-refractivity contribution in [1.29, 1.82) is 0 Å². The maximum Gasteiger partial charge on any atom is 0.316 e. The van der Waals surface area contributed by atoms with E-state index in [1.165, 1.54) is 9.13 Å². The summed E-state index contributed by atoms with van der Waals surface area (Å²) in [6.07, 6.45) is 5.22. The highest BCUT2D eigenvalue weighted by Crippen LogP contribution is 1.93. The average Bonchev–Trinajstić information content (AvgIpc) is 2.32. The zero-order valence-electron chi connectivity index (χ0n) is 10.8. The Morgan fingerprint density at radius 2 is 2.00 bits per heavy atom. The third-order valence-corrected chi connectivity index (χ3v) is 2.78. The molecule has 0 aliphatic carbocycles. The van der Waals surface area contributed by atoms with E-state index in [4.69, 9.17) is 0 Å². The molecular formula is C12H21N3O2. The molecule has 1 aromatic heterocycles. The standard InChI is InChI=1S/C12H21N3O2/c1-4-6-13-10(2)5-7-15-9-8-14(3)11(16)12(15)17/h8-10,13H,4-7H2,1-3H3. The number of rotatable bonds is 6. The lowest BCUT2D eigenvalue weighted by atomic mass is 10.2. The van der Waals surface area contributed by atoms with E-state index in [1.54, 1.807) is 19.4 Å². The third kappa shape index (κ3) is 3.85. The SMILES string of the molecule is CCCNC(C)CCn1ccn(C)c(=O)c1=O. The van der Waals surface area contributed by atoms with Crippen LogP contribution in [0.25, 0.3) is 0 Å². The molecular weight excluding hydrogens is 218 g/mol. The molecule has 0 saturated heterocycles. The van der Waals surface area contributed by atoms with Crippen LogP contribution < -0.4 is 16.4 Å². The summed E-state index contributed by atoms with van der Waals surface area (Å²) in [6.45, 7) is 5.76. The van der Waals surface area contributed by atoms with E-state index in [2.05, 4.69) is 19.2 Å². The van der Waals surface area contributed by atoms with Crippen molar-refractivity contribution in [1.82, 2.24) is 14.5 Å². The fourth-order valence-electron chi connectivity index (χ4n) is 1.59. The van der Waals surface area contributed by atoms with Crippen molar-refractivity contribution < 1.29 is 0 Å². The molecule has 1 N–H and O–H groups in total. The molecule has 0 fully saturated rings. The van der Waals surface area contributed by atoms with E-state index in [1.807, 2.05) is 0 Å². The van der Waals surface area contributed by atoms with Crippen LogP contribution in [0.4, 0.5) is 0 Å². The molecule has 1 rings (SSSR count). The largest absolute Gasteiger partial charge is 0.316 e. The van der Waals surface area contributed by atoms with Crippen LogP contribution in [0, 0.1) is 0 Å². The van der Waals surface area contributed by atoms with E-state index in [0.717, 1.165) is 19.4 Å². The fraction of sp³-hybridized carbons (Fsp3) is 0.667. The first-order chi connectivity index (χ1) is 8.06. The Morgan fingerprint density at radius 3 is 2.65 bits per heavy atom. The lowest BCUT2D eigenvalue weighted by molar-refractivity contribution is 0.468. The van der Waals surface area contributed by atoms with Gasteiger partial charge in [0.1, 0.15) is 0 Å². The van der Waals surface area contributed by atoms with Gasteiger partial charge in [0.2, 0.25) is 0 Å². The summed E-state index contributed by atoms with van der Waals surface area (Å²) in [7, 11) is 1.58. The molecule has 0 amide bonds. The predicted molar refractivity (Wildman–Crippen MR) is 68.3 cm³/mol. The molecule has 1 aromatic rings. The van der Waals surface area contributed by atoms with Crippen LogP contribution in [0.2, 0.25) is 0 Å². The molecule has 0 aliphatic rings. The van der Waals surface area contributed by atoms with Crippen molar-refractivity contribution in [2.24, 2.45) is 7.05 Å². The summed E-state index contributed by atoms with van der Waals surface area (Å²) in [5.41, 5.74) is -0.917. The van der Waals surface area contributed by atoms with Gasteiger partial charge in [-0.3, -0.25) is 9.59 Å². The van der Waals surface area contributed by atoms with Gasteiger partial charge >= 0.3 is 11.1 Å². The first-order valence-corrected chi connectivity index (χ1v) is 6.05. The Hall–Kier alpha value is -1.36. The number of hydrogen-bond acceptors (Lipinski definition) is 3. The van der Waals surface area contributed by atoms with Crippen LogP contribution in [-0.4, -0.2) is 21.7 Å². The highest BCUT2D eigenvalue weighted by atomic mass is 16.2. The van der Waals surface area contributed by atoms with Gasteiger partial charge in [-0.25, -0.2) is 0 Å². The number of hydrogen-bond donors (Lipinski definition) is 1. The van der Waals surface area contributed by atoms with Crippen molar-refractivity contribution in [3.05, 3.63) is 33.1 Å². The van der Waals surface area contributed by atoms with Crippen molar-refractivity contribution >= 4 is 0 Å². The number of nitrogens with one attached hydrogen (secondary N) is 1. The zero-order chi connectivity index (χ0) is 12.8. The molecule has 17 heavy (non-hydrogen) atoms. The van der Waals surface area contributed by atoms with Gasteiger partial charge in [0.05, 0.1) is 0 Å². The van der Waals surface area contributed by atoms with E-state index in [-0.39, 0.29) is 0 Å². The summed E-state index contributed by atoms with van der Waals surface area (Å²) in [5, 5.41) is 3.35. The molecule has 1 unspecified atom stereocenters. The predicted octanol–water partition coefficient (Wildman–Crippen LogP) is 0.325. The smallest absolute Gasteiger partial charge is 0.314 e. The third-order valence-electron chi connectivity index (χ3n) is 2.78. The van der Waals surface area contributed by atoms with Crippen LogP contribution in [0.15, 0.2) is 22.0 Å². The average molecular weight is 239 g/mol. The first kappa shape index (κ1) is 13.7. The minimum absolute atomic E-state index is 0.353. The number of aromatic nitrogens is 2. The summed E-state index contributed by atoms with van der Waals surface area (Å²) >= 11 is 0. The Balaban J connectivity index is 2.61. The van der Waals surface area contributed by atoms with Crippen molar-refractivity contribution in [2.45, 2.75) is 39.3 Å². The van der Waals surface area contributed by atoms with Crippen molar-refractivity contribution in [3.63, 3.8) is 0 Å². The zero-order valence-corrected chi connectivity index (χ0v) is 10.8. The minimum atomic E-state index is -0.471. The van der Waals surface area contributed by atoms with Gasteiger partial charge in [-0.2, -0.15) is 0 Å². The molecule has 5 heteroatoms. The van der Waals surface area contributed by atoms with Crippen LogP contribution >= 0.6 is 0 Å². The lowest BCUT2D eigenvalue weighted by Crippen LogP contribution is -2.40. The molecule has 0 bridgehead atoms. The second-order valence-electron chi connectivity index (χ2n) is 4.36. The second kappa shape index (κ2) is 6.39. The summed E-state index contributed by atoms with van der Waals surface area (Å²) in [6, 6.07) is 0.353. The quantitative estimate of drug-likeness (QED) is 0.728. The molecule has 5 nitrogen and oxygen atoms in total. The first-order valence-electron chi connectivity index (χ1n) is 6.05. The Morgan fingerprint density at radius 1 is 1.29 bits per heavy atom. The molecule has 96 valence electrons. The maximum atomic E-state index is 11.6. The van der Waals surface area contributed by atoms with Crippen LogP contribution in [0.3, 0.4) is 0 Å². The van der Waals surface area contributed by atoms with Crippen LogP contribution in [-0.2, 0) is 13.6 Å². The Labute approximate surface area is 101 Å². The van der Waals surface area contributed by atoms with Gasteiger partial charge < -0.3 is 14.5 Å². The maximum absolute atomic E-state index is 11.6. The van der Waals surface area contributed by atoms with E-state index in [9.17, 15) is 9.59 Å². The fourth-order valence-corrected chi connectivity index (χ4v) is 1.59. The molecule has 0 spiro atoms. The molecule has 0 radical (unpaired) electrons. The van der Waals surface area contributed by atoms with E-state index < -0.39 is 11.1 Å². The monoisotopic (exact) mass is 239 g/mol. The molecule has 1 atom stereocenters. The van der Waals surface area contributed by atoms with Gasteiger partial charge in [0.15, 0.2) is 0 Å². The van der Waals surface area contributed by atoms with E-state index >= 15 is 0 Å². The lowest BCUT2D eigenvalue weighted by Gasteiger charge is -2.13. The Bertz CT molecular complexity index is 462. The minimum Gasteiger partial charge on any atom is -0.314 e. The van der Waals surface area contributed by atoms with Crippen molar-refractivity contribution in [3.8, 4) is 0 Å². The normalized spacial score (nSPS) is 12.6. The summed E-state index contributed by atoms with van der Waals surface area (Å²) in [5.74, 6) is 0. The van der Waals surface area contributed by atoms with Gasteiger partial charge in [0.25, 0.3) is 0 Å². The topological polar surface area (TPSA) is 56.0 Å². The molecule has 1 heterocycles. The molecule has 0 aromatic carbocycles. The van der Waals surface area contributed by atoms with Crippen molar-refractivity contribution in [2.75, 3.05) is 6.54 Å². The summed E-state index contributed by atoms with van der Waals surface area (Å²) < 4.78 is 2.78. The number of aryl methyl sites for hydroxylation is 2. The Kier molecular flexibility index (Phi) is 5.15. The summed E-state index contributed by atoms with van der Waals surface area (Å²) in [4.78, 5) is 23.0. The van der Waals surface area contributed by atoms with Gasteiger partial charge in [0, 0.05) is 32.0 Å². The van der Waals surface area contributed by atoms with E-state index in [0.29, 0.717) is 12.6 Å². The van der Waals surface area contributed by atoms with Crippen LogP contribution in [0.1, 0.15) is 26.7 Å². The van der Waals surface area contributed by atoms with Gasteiger partial charge in [-0.05, 0) is 26.3 Å². The molecule has 0 aliphatic heterocycles. The number of nitrogens with zero attached hydrogens (tertiary/aromatic N) is 2. The van der Waals surface area contributed by atoms with Crippen LogP contribution in [0.5, 0.6) is 0 Å². The second-order valence-corrected chi connectivity index (χ2v) is 4.36. The molecule has 0 saturated carbocycles. The van der Waals surface area contributed by atoms with Gasteiger partial charge in [-0.15, -0.1) is 0 Å².